The van der Waals surface area contributed by atoms with Crippen molar-refractivity contribution in [1.82, 2.24) is 14.5 Å². The van der Waals surface area contributed by atoms with Crippen LogP contribution < -0.4 is 0 Å². The molecule has 1 aliphatic heterocycles. The molecule has 1 aromatic rings. The van der Waals surface area contributed by atoms with E-state index in [0.717, 1.165) is 38.9 Å². The molecule has 18 heavy (non-hydrogen) atoms. The van der Waals surface area contributed by atoms with Gasteiger partial charge >= 0.3 is 5.97 Å². The lowest BCUT2D eigenvalue weighted by molar-refractivity contribution is -0.145. The third kappa shape index (κ3) is 3.32. The van der Waals surface area contributed by atoms with Crippen molar-refractivity contribution in [2.75, 3.05) is 13.1 Å². The van der Waals surface area contributed by atoms with Crippen LogP contribution in [0.1, 0.15) is 26.2 Å². The first-order chi connectivity index (χ1) is 8.66. The van der Waals surface area contributed by atoms with E-state index >= 15 is 0 Å². The van der Waals surface area contributed by atoms with E-state index in [1.807, 2.05) is 10.8 Å². The summed E-state index contributed by atoms with van der Waals surface area (Å²) in [5, 5.41) is 9.25. The van der Waals surface area contributed by atoms with Gasteiger partial charge in [-0.3, -0.25) is 9.69 Å². The first-order valence-electron chi connectivity index (χ1n) is 6.59. The first kappa shape index (κ1) is 13.1. The maximum absolute atomic E-state index is 11.2. The molecule has 100 valence electrons. The molecule has 0 aliphatic carbocycles. The Morgan fingerprint density at radius 2 is 2.33 bits per heavy atom. The predicted octanol–water partition coefficient (Wildman–Crippen LogP) is 1.46. The number of carbonyl (C=O) groups is 1. The number of aromatic nitrogens is 2. The molecule has 2 unspecified atom stereocenters. The molecular weight excluding hydrogens is 230 g/mol. The molecule has 0 aromatic carbocycles. The van der Waals surface area contributed by atoms with Gasteiger partial charge in [0.25, 0.3) is 0 Å². The van der Waals surface area contributed by atoms with Crippen molar-refractivity contribution >= 4 is 5.97 Å². The minimum Gasteiger partial charge on any atom is -0.480 e. The van der Waals surface area contributed by atoms with Gasteiger partial charge in [0.1, 0.15) is 6.04 Å². The molecule has 1 N–H and O–H groups in total. The summed E-state index contributed by atoms with van der Waals surface area (Å²) in [6.45, 7) is 4.79. The summed E-state index contributed by atoms with van der Waals surface area (Å²) < 4.78 is 2.03. The summed E-state index contributed by atoms with van der Waals surface area (Å²) in [5.74, 6) is -0.153. The van der Waals surface area contributed by atoms with Crippen LogP contribution in [-0.2, 0) is 11.3 Å². The van der Waals surface area contributed by atoms with Crippen molar-refractivity contribution in [3.05, 3.63) is 18.7 Å². The van der Waals surface area contributed by atoms with Gasteiger partial charge < -0.3 is 9.67 Å². The number of hydrogen-bond acceptors (Lipinski definition) is 3. The molecule has 5 nitrogen and oxygen atoms in total. The van der Waals surface area contributed by atoms with Crippen LogP contribution in [-0.4, -0.2) is 44.7 Å². The van der Waals surface area contributed by atoms with Crippen molar-refractivity contribution in [2.24, 2.45) is 5.92 Å². The quantitative estimate of drug-likeness (QED) is 0.860. The molecule has 2 atom stereocenters. The summed E-state index contributed by atoms with van der Waals surface area (Å²) in [4.78, 5) is 17.4. The van der Waals surface area contributed by atoms with E-state index in [1.54, 1.807) is 12.5 Å². The van der Waals surface area contributed by atoms with Crippen LogP contribution in [0.3, 0.4) is 0 Å². The number of rotatable bonds is 5. The molecule has 1 aromatic heterocycles. The SMILES string of the molecule is CC1CCN(CCCn2ccnc2)C(C(=O)O)C1. The second-order valence-electron chi connectivity index (χ2n) is 5.17. The average Bonchev–Trinajstić information content (AvgIpc) is 2.84. The highest BCUT2D eigenvalue weighted by atomic mass is 16.4. The lowest BCUT2D eigenvalue weighted by Gasteiger charge is -2.35. The minimum atomic E-state index is -0.677. The molecule has 5 heteroatoms. The largest absolute Gasteiger partial charge is 0.480 e. The molecule has 2 heterocycles. The maximum Gasteiger partial charge on any atom is 0.320 e. The monoisotopic (exact) mass is 251 g/mol. The zero-order valence-electron chi connectivity index (χ0n) is 10.8. The molecule has 0 spiro atoms. The highest BCUT2D eigenvalue weighted by Gasteiger charge is 2.30. The molecule has 1 aliphatic rings. The number of carboxylic acid groups (broad SMARTS) is 1. The average molecular weight is 251 g/mol. The van der Waals surface area contributed by atoms with Gasteiger partial charge in [0.05, 0.1) is 6.33 Å². The summed E-state index contributed by atoms with van der Waals surface area (Å²) in [7, 11) is 0. The summed E-state index contributed by atoms with van der Waals surface area (Å²) >= 11 is 0. The van der Waals surface area contributed by atoms with Gasteiger partial charge in [0, 0.05) is 25.5 Å². The van der Waals surface area contributed by atoms with Gasteiger partial charge in [-0.15, -0.1) is 0 Å². The summed E-state index contributed by atoms with van der Waals surface area (Å²) in [6.07, 6.45) is 8.35. The number of likely N-dealkylation sites (tertiary alicyclic amines) is 1. The Kier molecular flexibility index (Phi) is 4.36. The second-order valence-corrected chi connectivity index (χ2v) is 5.17. The topological polar surface area (TPSA) is 58.4 Å². The van der Waals surface area contributed by atoms with E-state index in [4.69, 9.17) is 0 Å². The Bertz CT molecular complexity index is 378. The Morgan fingerprint density at radius 3 is 3.00 bits per heavy atom. The van der Waals surface area contributed by atoms with Gasteiger partial charge in [-0.25, -0.2) is 4.98 Å². The number of aryl methyl sites for hydroxylation is 1. The third-order valence-corrected chi connectivity index (χ3v) is 3.68. The fourth-order valence-electron chi connectivity index (χ4n) is 2.59. The van der Waals surface area contributed by atoms with Crippen LogP contribution in [0.15, 0.2) is 18.7 Å². The molecule has 0 radical (unpaired) electrons. The lowest BCUT2D eigenvalue weighted by Crippen LogP contribution is -2.47. The van der Waals surface area contributed by atoms with E-state index in [0.29, 0.717) is 5.92 Å². The van der Waals surface area contributed by atoms with Crippen molar-refractivity contribution < 1.29 is 9.90 Å². The van der Waals surface area contributed by atoms with Gasteiger partial charge in [0.15, 0.2) is 0 Å². The van der Waals surface area contributed by atoms with Crippen molar-refractivity contribution in [3.8, 4) is 0 Å². The predicted molar refractivity (Wildman–Crippen MR) is 68.2 cm³/mol. The van der Waals surface area contributed by atoms with Crippen molar-refractivity contribution in [3.63, 3.8) is 0 Å². The van der Waals surface area contributed by atoms with E-state index in [1.165, 1.54) is 0 Å². The Hall–Kier alpha value is -1.36. The standard InChI is InChI=1S/C13H21N3O2/c1-11-3-7-16(12(9-11)13(17)18)6-2-5-15-8-4-14-10-15/h4,8,10-12H,2-3,5-7,9H2,1H3,(H,17,18). The molecule has 0 bridgehead atoms. The molecule has 2 rings (SSSR count). The fourth-order valence-corrected chi connectivity index (χ4v) is 2.59. The van der Waals surface area contributed by atoms with E-state index in [9.17, 15) is 9.90 Å². The summed E-state index contributed by atoms with van der Waals surface area (Å²) in [6, 6.07) is -0.295. The number of hydrogen-bond donors (Lipinski definition) is 1. The Balaban J connectivity index is 1.81. The van der Waals surface area contributed by atoms with E-state index < -0.39 is 5.97 Å². The van der Waals surface area contributed by atoms with Gasteiger partial charge in [-0.05, 0) is 31.7 Å². The van der Waals surface area contributed by atoms with E-state index in [2.05, 4.69) is 16.8 Å². The van der Waals surface area contributed by atoms with Crippen LogP contribution in [0.5, 0.6) is 0 Å². The minimum absolute atomic E-state index is 0.295. The van der Waals surface area contributed by atoms with Crippen LogP contribution in [0.25, 0.3) is 0 Å². The maximum atomic E-state index is 11.2. The Labute approximate surface area is 107 Å². The third-order valence-electron chi connectivity index (χ3n) is 3.68. The number of nitrogens with zero attached hydrogens (tertiary/aromatic N) is 3. The highest BCUT2D eigenvalue weighted by molar-refractivity contribution is 5.73. The van der Waals surface area contributed by atoms with Crippen molar-refractivity contribution in [1.29, 1.82) is 0 Å². The first-order valence-corrected chi connectivity index (χ1v) is 6.59. The number of piperidine rings is 1. The molecule has 1 fully saturated rings. The number of carboxylic acids is 1. The zero-order valence-corrected chi connectivity index (χ0v) is 10.8. The molecular formula is C13H21N3O2. The van der Waals surface area contributed by atoms with Crippen molar-refractivity contribution in [2.45, 2.75) is 38.8 Å². The second kappa shape index (κ2) is 6.00. The van der Waals surface area contributed by atoms with Crippen LogP contribution >= 0.6 is 0 Å². The van der Waals surface area contributed by atoms with E-state index in [-0.39, 0.29) is 6.04 Å². The van der Waals surface area contributed by atoms with Crippen LogP contribution in [0.2, 0.25) is 0 Å². The smallest absolute Gasteiger partial charge is 0.320 e. The zero-order chi connectivity index (χ0) is 13.0. The summed E-state index contributed by atoms with van der Waals surface area (Å²) in [5.41, 5.74) is 0. The van der Waals surface area contributed by atoms with Crippen LogP contribution in [0.4, 0.5) is 0 Å². The molecule has 1 saturated heterocycles. The van der Waals surface area contributed by atoms with Gasteiger partial charge in [0.2, 0.25) is 0 Å². The lowest BCUT2D eigenvalue weighted by atomic mass is 9.92. The molecule has 0 amide bonds. The van der Waals surface area contributed by atoms with Crippen LogP contribution in [0, 0.1) is 5.92 Å². The highest BCUT2D eigenvalue weighted by Crippen LogP contribution is 2.22. The number of aliphatic carboxylic acids is 1. The Morgan fingerprint density at radius 1 is 1.50 bits per heavy atom. The fraction of sp³-hybridized carbons (Fsp3) is 0.692. The number of imidazole rings is 1. The normalized spacial score (nSPS) is 25.2. The van der Waals surface area contributed by atoms with Gasteiger partial charge in [-0.2, -0.15) is 0 Å². The molecule has 0 saturated carbocycles. The van der Waals surface area contributed by atoms with Gasteiger partial charge in [-0.1, -0.05) is 6.92 Å².